The van der Waals surface area contributed by atoms with Gasteiger partial charge in [-0.3, -0.25) is 9.59 Å². The summed E-state index contributed by atoms with van der Waals surface area (Å²) in [5.74, 6) is -0.0759. The van der Waals surface area contributed by atoms with Crippen LogP contribution in [0.5, 0.6) is 0 Å². The number of unbranched alkanes of at least 4 members (excludes halogenated alkanes) is 40. The summed E-state index contributed by atoms with van der Waals surface area (Å²) >= 11 is 0. The molecule has 0 aromatic carbocycles. The summed E-state index contributed by atoms with van der Waals surface area (Å²) in [6.45, 7) is 4.88. The molecule has 0 aliphatic rings. The summed E-state index contributed by atoms with van der Waals surface area (Å²) in [4.78, 5) is 24.5. The molecule has 0 spiro atoms. The third-order valence-corrected chi connectivity index (χ3v) is 14.1. The zero-order valence-electron chi connectivity index (χ0n) is 46.7. The lowest BCUT2D eigenvalue weighted by Gasteiger charge is -2.20. The van der Waals surface area contributed by atoms with Crippen LogP contribution in [0.15, 0.2) is 48.6 Å². The molecule has 0 bridgehead atoms. The van der Waals surface area contributed by atoms with Crippen molar-refractivity contribution in [3.8, 4) is 0 Å². The quantitative estimate of drug-likeness (QED) is 0.0321. The summed E-state index contributed by atoms with van der Waals surface area (Å²) < 4.78 is 5.49. The van der Waals surface area contributed by atoms with Crippen LogP contribution in [0.2, 0.25) is 0 Å². The number of amides is 1. The van der Waals surface area contributed by atoms with Crippen molar-refractivity contribution in [2.45, 2.75) is 334 Å². The molecule has 0 aromatic rings. The Hall–Kier alpha value is -2.18. The van der Waals surface area contributed by atoms with Crippen LogP contribution in [0.25, 0.3) is 0 Å². The maximum Gasteiger partial charge on any atom is 0.305 e. The predicted molar refractivity (Wildman–Crippen MR) is 306 cm³/mol. The van der Waals surface area contributed by atoms with Gasteiger partial charge in [0.2, 0.25) is 5.91 Å². The SMILES string of the molecule is CCCCCC/C=C\C/C=C\CCCCCCCCCC(=O)OCCCCCCCCCCCC/C=C\CCCCCCCCCC(=O)NC(CO)C(O)/C=C/CCCCCCCCCCCCCC. The van der Waals surface area contributed by atoms with E-state index >= 15 is 0 Å². The maximum atomic E-state index is 12.5. The summed E-state index contributed by atoms with van der Waals surface area (Å²) in [6.07, 6.45) is 75.7. The topological polar surface area (TPSA) is 95.9 Å². The molecule has 0 heterocycles. The molecule has 6 nitrogen and oxygen atoms in total. The maximum absolute atomic E-state index is 12.5. The predicted octanol–water partition coefficient (Wildman–Crippen LogP) is 19.4. The van der Waals surface area contributed by atoms with Crippen LogP contribution in [0.1, 0.15) is 322 Å². The molecule has 3 N–H and O–H groups in total. The van der Waals surface area contributed by atoms with Gasteiger partial charge in [-0.25, -0.2) is 0 Å². The van der Waals surface area contributed by atoms with Crippen LogP contribution in [0, 0.1) is 0 Å². The Labute approximate surface area is 436 Å². The number of aliphatic hydroxyl groups excluding tert-OH is 2. The number of ether oxygens (including phenoxy) is 1. The van der Waals surface area contributed by atoms with Gasteiger partial charge < -0.3 is 20.3 Å². The monoisotopic (exact) mass is 982 g/mol. The first-order chi connectivity index (χ1) is 34.5. The summed E-state index contributed by atoms with van der Waals surface area (Å²) in [6, 6.07) is -0.634. The van der Waals surface area contributed by atoms with E-state index in [2.05, 4.69) is 55.6 Å². The van der Waals surface area contributed by atoms with E-state index in [0.29, 0.717) is 19.4 Å². The fraction of sp³-hybridized carbons (Fsp3) is 0.844. The molecule has 0 rings (SSSR count). The van der Waals surface area contributed by atoms with Gasteiger partial charge in [0.05, 0.1) is 25.4 Å². The van der Waals surface area contributed by atoms with Crippen molar-refractivity contribution in [1.29, 1.82) is 0 Å². The van der Waals surface area contributed by atoms with E-state index in [1.165, 1.54) is 238 Å². The Morgan fingerprint density at radius 3 is 1.11 bits per heavy atom. The van der Waals surface area contributed by atoms with E-state index in [1.807, 2.05) is 6.08 Å². The lowest BCUT2D eigenvalue weighted by atomic mass is 10.0. The molecule has 0 radical (unpaired) electrons. The molecule has 6 heteroatoms. The van der Waals surface area contributed by atoms with Gasteiger partial charge in [-0.2, -0.15) is 0 Å². The zero-order chi connectivity index (χ0) is 50.7. The van der Waals surface area contributed by atoms with Gasteiger partial charge in [0.1, 0.15) is 0 Å². The molecule has 0 fully saturated rings. The van der Waals surface area contributed by atoms with Crippen LogP contribution in [0.4, 0.5) is 0 Å². The highest BCUT2D eigenvalue weighted by atomic mass is 16.5. The van der Waals surface area contributed by atoms with Crippen LogP contribution < -0.4 is 5.32 Å². The Morgan fingerprint density at radius 1 is 0.400 bits per heavy atom. The second kappa shape index (κ2) is 59.4. The molecule has 0 aromatic heterocycles. The van der Waals surface area contributed by atoms with Crippen molar-refractivity contribution in [3.63, 3.8) is 0 Å². The number of allylic oxidation sites excluding steroid dienone is 7. The van der Waals surface area contributed by atoms with Crippen molar-refractivity contribution in [2.24, 2.45) is 0 Å². The molecule has 410 valence electrons. The second-order valence-electron chi connectivity index (χ2n) is 21.0. The number of esters is 1. The Bertz CT molecular complexity index is 1180. The van der Waals surface area contributed by atoms with Crippen LogP contribution in [-0.2, 0) is 14.3 Å². The summed E-state index contributed by atoms with van der Waals surface area (Å²) in [5, 5.41) is 23.1. The normalized spacial score (nSPS) is 12.9. The van der Waals surface area contributed by atoms with Gasteiger partial charge in [0, 0.05) is 12.8 Å². The second-order valence-corrected chi connectivity index (χ2v) is 21.0. The number of hydrogen-bond acceptors (Lipinski definition) is 5. The highest BCUT2D eigenvalue weighted by Gasteiger charge is 2.18. The molecule has 0 aliphatic heterocycles. The Balaban J connectivity index is 3.44. The molecule has 2 atom stereocenters. The van der Waals surface area contributed by atoms with E-state index in [-0.39, 0.29) is 18.5 Å². The number of aliphatic hydroxyl groups is 2. The van der Waals surface area contributed by atoms with E-state index in [1.54, 1.807) is 6.08 Å². The number of rotatable bonds is 57. The molecule has 2 unspecified atom stereocenters. The lowest BCUT2D eigenvalue weighted by molar-refractivity contribution is -0.143. The fourth-order valence-electron chi connectivity index (χ4n) is 9.31. The van der Waals surface area contributed by atoms with Crippen LogP contribution in [0.3, 0.4) is 0 Å². The van der Waals surface area contributed by atoms with E-state index < -0.39 is 12.1 Å². The largest absolute Gasteiger partial charge is 0.466 e. The lowest BCUT2D eigenvalue weighted by Crippen LogP contribution is -2.45. The number of hydrogen-bond donors (Lipinski definition) is 3. The molecular weight excluding hydrogens is 863 g/mol. The average Bonchev–Trinajstić information content (AvgIpc) is 3.36. The van der Waals surface area contributed by atoms with Crippen LogP contribution >= 0.6 is 0 Å². The minimum Gasteiger partial charge on any atom is -0.466 e. The fourth-order valence-corrected chi connectivity index (χ4v) is 9.31. The standard InChI is InChI=1S/C64H119NO5/c1-3-5-7-9-11-13-15-17-19-20-27-30-34-38-42-46-50-54-58-64(69)70-59-55-51-47-43-39-35-31-28-25-23-21-22-24-26-29-33-37-41-45-49-53-57-63(68)65-61(60-66)62(67)56-52-48-44-40-36-32-18-16-14-12-10-8-6-4-2/h13,15,19-20,22,24,52,56,61-62,66-67H,3-12,14,16-18,21,23,25-51,53-55,57-60H2,1-2H3,(H,65,68)/b15-13-,20-19-,24-22-,56-52+. The van der Waals surface area contributed by atoms with E-state index in [9.17, 15) is 19.8 Å². The molecule has 70 heavy (non-hydrogen) atoms. The van der Waals surface area contributed by atoms with Crippen molar-refractivity contribution in [3.05, 3.63) is 48.6 Å². The van der Waals surface area contributed by atoms with Gasteiger partial charge >= 0.3 is 5.97 Å². The Morgan fingerprint density at radius 2 is 0.714 bits per heavy atom. The molecule has 0 saturated heterocycles. The van der Waals surface area contributed by atoms with Crippen molar-refractivity contribution in [2.75, 3.05) is 13.2 Å². The molecule has 0 aliphatic carbocycles. The third-order valence-electron chi connectivity index (χ3n) is 14.1. The third kappa shape index (κ3) is 55.1. The first-order valence-corrected chi connectivity index (χ1v) is 30.9. The first-order valence-electron chi connectivity index (χ1n) is 30.9. The number of carbonyl (C=O) groups is 2. The molecule has 1 amide bonds. The van der Waals surface area contributed by atoms with Crippen LogP contribution in [-0.4, -0.2) is 47.4 Å². The van der Waals surface area contributed by atoms with Gasteiger partial charge in [-0.05, 0) is 89.9 Å². The van der Waals surface area contributed by atoms with Crippen molar-refractivity contribution >= 4 is 11.9 Å². The zero-order valence-corrected chi connectivity index (χ0v) is 46.7. The van der Waals surface area contributed by atoms with E-state index in [0.717, 1.165) is 57.8 Å². The highest BCUT2D eigenvalue weighted by Crippen LogP contribution is 2.16. The summed E-state index contributed by atoms with van der Waals surface area (Å²) in [5.41, 5.74) is 0. The van der Waals surface area contributed by atoms with Gasteiger partial charge in [-0.15, -0.1) is 0 Å². The van der Waals surface area contributed by atoms with Crippen molar-refractivity contribution < 1.29 is 24.5 Å². The van der Waals surface area contributed by atoms with E-state index in [4.69, 9.17) is 4.74 Å². The molecule has 0 saturated carbocycles. The number of carbonyl (C=O) groups excluding carboxylic acids is 2. The van der Waals surface area contributed by atoms with Crippen molar-refractivity contribution in [1.82, 2.24) is 5.32 Å². The first kappa shape index (κ1) is 67.8. The minimum absolute atomic E-state index is 0.0000666. The van der Waals surface area contributed by atoms with Gasteiger partial charge in [-0.1, -0.05) is 268 Å². The average molecular weight is 983 g/mol. The molecular formula is C64H119NO5. The number of nitrogens with one attached hydrogen (secondary N) is 1. The minimum atomic E-state index is -0.850. The summed E-state index contributed by atoms with van der Waals surface area (Å²) in [7, 11) is 0. The van der Waals surface area contributed by atoms with Gasteiger partial charge in [0.25, 0.3) is 0 Å². The smallest absolute Gasteiger partial charge is 0.305 e. The highest BCUT2D eigenvalue weighted by molar-refractivity contribution is 5.76. The Kier molecular flexibility index (Phi) is 57.5. The van der Waals surface area contributed by atoms with Gasteiger partial charge in [0.15, 0.2) is 0 Å².